The van der Waals surface area contributed by atoms with Gasteiger partial charge < -0.3 is 10.6 Å². The average Bonchev–Trinajstić information content (AvgIpc) is 2.99. The molecule has 1 amide bonds. The van der Waals surface area contributed by atoms with E-state index in [-0.39, 0.29) is 22.8 Å². The van der Waals surface area contributed by atoms with Crippen LogP contribution < -0.4 is 10.6 Å². The second-order valence-corrected chi connectivity index (χ2v) is 11.6. The number of carbonyl (C=O) groups excluding carboxylic acids is 1. The van der Waals surface area contributed by atoms with E-state index in [9.17, 15) is 18.0 Å². The molecule has 2 fully saturated rings. The molecule has 3 atom stereocenters. The standard InChI is InChI=1S/C23H23Br2F3N2OS/c1-12-5-14(8-15(6-12)23(26,27)28)22(2)11-29-19(20(22)25)13-3-4-17(18(24)7-13)21(31)30-16-9-32-10-16/h3-8,16,19-20,29H,9-11H2,1-2H3,(H,30,31). The summed E-state index contributed by atoms with van der Waals surface area (Å²) >= 11 is 9.11. The molecule has 9 heteroatoms. The summed E-state index contributed by atoms with van der Waals surface area (Å²) in [5.74, 6) is 1.77. The predicted octanol–water partition coefficient (Wildman–Crippen LogP) is 5.99. The normalized spacial score (nSPS) is 26.1. The molecule has 0 saturated carbocycles. The Labute approximate surface area is 206 Å². The molecule has 0 spiro atoms. The summed E-state index contributed by atoms with van der Waals surface area (Å²) in [6.45, 7) is 4.18. The zero-order valence-corrected chi connectivity index (χ0v) is 21.5. The van der Waals surface area contributed by atoms with Crippen molar-refractivity contribution in [2.45, 2.75) is 42.3 Å². The molecule has 2 aromatic carbocycles. The minimum Gasteiger partial charge on any atom is -0.348 e. The third-order valence-electron chi connectivity index (χ3n) is 6.22. The summed E-state index contributed by atoms with van der Waals surface area (Å²) in [5, 5.41) is 6.49. The van der Waals surface area contributed by atoms with E-state index >= 15 is 0 Å². The van der Waals surface area contributed by atoms with Crippen LogP contribution in [0.1, 0.15) is 45.6 Å². The van der Waals surface area contributed by atoms with Gasteiger partial charge in [-0.25, -0.2) is 0 Å². The van der Waals surface area contributed by atoms with Crippen LogP contribution in [-0.2, 0) is 11.6 Å². The molecule has 172 valence electrons. The summed E-state index contributed by atoms with van der Waals surface area (Å²) in [4.78, 5) is 12.4. The molecule has 3 nitrogen and oxygen atoms in total. The Bertz CT molecular complexity index is 1040. The number of aryl methyl sites for hydroxylation is 1. The van der Waals surface area contributed by atoms with Crippen LogP contribution in [0.2, 0.25) is 0 Å². The first kappa shape index (κ1) is 24.1. The lowest BCUT2D eigenvalue weighted by molar-refractivity contribution is -0.137. The van der Waals surface area contributed by atoms with Gasteiger partial charge in [-0.1, -0.05) is 40.5 Å². The van der Waals surface area contributed by atoms with Crippen LogP contribution >= 0.6 is 43.6 Å². The fourth-order valence-electron chi connectivity index (χ4n) is 4.21. The maximum absolute atomic E-state index is 13.4. The number of hydrogen-bond acceptors (Lipinski definition) is 3. The summed E-state index contributed by atoms with van der Waals surface area (Å²) in [5.41, 5.74) is 1.60. The molecule has 4 rings (SSSR count). The van der Waals surface area contributed by atoms with Crippen molar-refractivity contribution in [3.05, 3.63) is 68.7 Å². The van der Waals surface area contributed by atoms with Gasteiger partial charge >= 0.3 is 6.18 Å². The lowest BCUT2D eigenvalue weighted by Gasteiger charge is -2.31. The van der Waals surface area contributed by atoms with Crippen molar-refractivity contribution in [1.82, 2.24) is 10.6 Å². The van der Waals surface area contributed by atoms with Gasteiger partial charge in [-0.05, 0) is 58.2 Å². The van der Waals surface area contributed by atoms with Gasteiger partial charge in [-0.15, -0.1) is 0 Å². The Morgan fingerprint density at radius 2 is 1.94 bits per heavy atom. The van der Waals surface area contributed by atoms with Crippen LogP contribution in [0.25, 0.3) is 0 Å². The number of rotatable bonds is 4. The number of carbonyl (C=O) groups is 1. The molecule has 2 aliphatic rings. The molecule has 0 radical (unpaired) electrons. The molecule has 0 aliphatic carbocycles. The molecule has 32 heavy (non-hydrogen) atoms. The van der Waals surface area contributed by atoms with E-state index in [1.807, 2.05) is 25.1 Å². The van der Waals surface area contributed by atoms with E-state index in [1.165, 1.54) is 12.1 Å². The van der Waals surface area contributed by atoms with Crippen molar-refractivity contribution in [1.29, 1.82) is 0 Å². The number of benzene rings is 2. The Hall–Kier alpha value is -1.03. The highest BCUT2D eigenvalue weighted by Gasteiger charge is 2.46. The molecule has 2 aromatic rings. The van der Waals surface area contributed by atoms with Gasteiger partial charge in [0.1, 0.15) is 0 Å². The second kappa shape index (κ2) is 8.96. The number of thioether (sulfide) groups is 1. The van der Waals surface area contributed by atoms with Gasteiger partial charge in [-0.2, -0.15) is 24.9 Å². The van der Waals surface area contributed by atoms with Crippen LogP contribution in [-0.4, -0.2) is 34.8 Å². The molecular weight excluding hydrogens is 569 g/mol. The molecule has 2 saturated heterocycles. The van der Waals surface area contributed by atoms with E-state index in [0.717, 1.165) is 17.1 Å². The van der Waals surface area contributed by atoms with E-state index < -0.39 is 17.2 Å². The van der Waals surface area contributed by atoms with E-state index in [0.29, 0.717) is 27.7 Å². The van der Waals surface area contributed by atoms with Gasteiger partial charge in [0.2, 0.25) is 0 Å². The van der Waals surface area contributed by atoms with Gasteiger partial charge in [-0.3, -0.25) is 4.79 Å². The van der Waals surface area contributed by atoms with E-state index in [2.05, 4.69) is 42.5 Å². The predicted molar refractivity (Wildman–Crippen MR) is 130 cm³/mol. The third-order valence-corrected chi connectivity index (χ3v) is 9.70. The minimum absolute atomic E-state index is 0.104. The first-order valence-corrected chi connectivity index (χ1v) is 13.1. The van der Waals surface area contributed by atoms with Crippen LogP contribution in [0.5, 0.6) is 0 Å². The fraction of sp³-hybridized carbons (Fsp3) is 0.435. The Morgan fingerprint density at radius 1 is 1.22 bits per heavy atom. The van der Waals surface area contributed by atoms with E-state index in [4.69, 9.17) is 0 Å². The molecule has 0 aromatic heterocycles. The van der Waals surface area contributed by atoms with Crippen molar-refractivity contribution >= 4 is 49.5 Å². The fourth-order valence-corrected chi connectivity index (χ4v) is 6.34. The molecule has 2 aliphatic heterocycles. The summed E-state index contributed by atoms with van der Waals surface area (Å²) < 4.78 is 40.9. The lowest BCUT2D eigenvalue weighted by atomic mass is 9.78. The second-order valence-electron chi connectivity index (χ2n) is 8.71. The average molecular weight is 592 g/mol. The number of alkyl halides is 4. The minimum atomic E-state index is -4.39. The van der Waals surface area contributed by atoms with Crippen molar-refractivity contribution in [3.8, 4) is 0 Å². The van der Waals surface area contributed by atoms with Crippen molar-refractivity contribution < 1.29 is 18.0 Å². The summed E-state index contributed by atoms with van der Waals surface area (Å²) in [7, 11) is 0. The van der Waals surface area contributed by atoms with Crippen molar-refractivity contribution in [2.24, 2.45) is 0 Å². The van der Waals surface area contributed by atoms with Gasteiger partial charge in [0, 0.05) is 44.8 Å². The van der Waals surface area contributed by atoms with Crippen LogP contribution in [0.4, 0.5) is 13.2 Å². The highest BCUT2D eigenvalue weighted by atomic mass is 79.9. The number of hydrogen-bond donors (Lipinski definition) is 2. The number of nitrogens with one attached hydrogen (secondary N) is 2. The molecule has 2 N–H and O–H groups in total. The quantitative estimate of drug-likeness (QED) is 0.429. The molecule has 2 heterocycles. The number of amides is 1. The highest BCUT2D eigenvalue weighted by molar-refractivity contribution is 9.10. The highest BCUT2D eigenvalue weighted by Crippen LogP contribution is 2.46. The van der Waals surface area contributed by atoms with Crippen molar-refractivity contribution in [2.75, 3.05) is 18.1 Å². The summed E-state index contributed by atoms with van der Waals surface area (Å²) in [6.07, 6.45) is -4.39. The SMILES string of the molecule is Cc1cc(C(F)(F)F)cc(C2(C)CNC(c3ccc(C(=O)NC4CSC4)c(Br)c3)C2Br)c1. The molecule has 0 bridgehead atoms. The van der Waals surface area contributed by atoms with E-state index in [1.54, 1.807) is 24.8 Å². The Balaban J connectivity index is 1.58. The van der Waals surface area contributed by atoms with Crippen molar-refractivity contribution in [3.63, 3.8) is 0 Å². The monoisotopic (exact) mass is 590 g/mol. The first-order chi connectivity index (χ1) is 15.0. The topological polar surface area (TPSA) is 41.1 Å². The zero-order chi connectivity index (χ0) is 23.3. The zero-order valence-electron chi connectivity index (χ0n) is 17.5. The van der Waals surface area contributed by atoms with Gasteiger partial charge in [0.15, 0.2) is 0 Å². The van der Waals surface area contributed by atoms with Crippen LogP contribution in [0, 0.1) is 6.92 Å². The van der Waals surface area contributed by atoms with Crippen LogP contribution in [0.3, 0.4) is 0 Å². The molecular formula is C23H23Br2F3N2OS. The Kier molecular flexibility index (Phi) is 6.75. The smallest absolute Gasteiger partial charge is 0.348 e. The maximum atomic E-state index is 13.4. The van der Waals surface area contributed by atoms with Gasteiger partial charge in [0.25, 0.3) is 5.91 Å². The maximum Gasteiger partial charge on any atom is 0.416 e. The summed E-state index contributed by atoms with van der Waals surface area (Å²) in [6, 6.07) is 9.99. The number of halogens is 5. The molecule has 3 unspecified atom stereocenters. The van der Waals surface area contributed by atoms with Gasteiger partial charge in [0.05, 0.1) is 11.1 Å². The lowest BCUT2D eigenvalue weighted by Crippen LogP contribution is -2.43. The first-order valence-electron chi connectivity index (χ1n) is 10.2. The Morgan fingerprint density at radius 3 is 2.53 bits per heavy atom. The van der Waals surface area contributed by atoms with Crippen LogP contribution in [0.15, 0.2) is 40.9 Å². The third kappa shape index (κ3) is 4.63. The largest absolute Gasteiger partial charge is 0.416 e.